The average Bonchev–Trinajstić information content (AvgIpc) is 2.65. The van der Waals surface area contributed by atoms with Crippen LogP contribution in [0.25, 0.3) is 0 Å². The first-order valence-corrected chi connectivity index (χ1v) is 11.5. The second-order valence-electron chi connectivity index (χ2n) is 7.98. The highest BCUT2D eigenvalue weighted by Gasteiger charge is 2.15. The molecule has 0 atom stereocenters. The van der Waals surface area contributed by atoms with Gasteiger partial charge < -0.3 is 20.1 Å². The molecule has 0 aliphatic heterocycles. The van der Waals surface area contributed by atoms with Crippen LogP contribution in [0.4, 0.5) is 0 Å². The van der Waals surface area contributed by atoms with Gasteiger partial charge in [0.15, 0.2) is 0 Å². The molecule has 0 rings (SSSR count). The summed E-state index contributed by atoms with van der Waals surface area (Å²) in [5, 5.41) is 30.6. The van der Waals surface area contributed by atoms with Gasteiger partial charge in [-0.3, -0.25) is 0 Å². The van der Waals surface area contributed by atoms with Crippen LogP contribution in [0.3, 0.4) is 0 Å². The summed E-state index contributed by atoms with van der Waals surface area (Å²) in [6, 6.07) is 0. The van der Waals surface area contributed by atoms with E-state index in [2.05, 4.69) is 6.92 Å². The second kappa shape index (κ2) is 19.6. The number of nitrogens with zero attached hydrogens (tertiary/aromatic N) is 1. The topological polar surface area (TPSA) is 63.5 Å². The first-order valence-electron chi connectivity index (χ1n) is 11.5. The lowest BCUT2D eigenvalue weighted by molar-refractivity contribution is -0.881. The summed E-state index contributed by atoms with van der Waals surface area (Å²) in [5.74, 6) is 0. The maximum Gasteiger partial charge on any atom is 0.0806 e. The van der Waals surface area contributed by atoms with Crippen molar-refractivity contribution in [2.24, 2.45) is 0 Å². The smallest absolute Gasteiger partial charge is 0.0806 e. The molecule has 0 aromatic carbocycles. The molecule has 4 nitrogen and oxygen atoms in total. The first-order chi connectivity index (χ1) is 12.7. The fourth-order valence-electron chi connectivity index (χ4n) is 3.65. The minimum Gasteiger partial charge on any atom is -0.633 e. The van der Waals surface area contributed by atoms with E-state index in [1.165, 1.54) is 77.0 Å². The van der Waals surface area contributed by atoms with Crippen LogP contribution in [0.1, 0.15) is 110 Å². The number of hydrogen-bond acceptors (Lipinski definition) is 3. The SMILES string of the molecule is CCCCCCCCCCCCCCCC[N+]([O-])(CCCO)CCCO. The van der Waals surface area contributed by atoms with E-state index in [1.807, 2.05) is 0 Å². The average molecular weight is 374 g/mol. The summed E-state index contributed by atoms with van der Waals surface area (Å²) in [5.41, 5.74) is 0. The van der Waals surface area contributed by atoms with E-state index in [0.29, 0.717) is 32.5 Å². The molecule has 0 aromatic heterocycles. The zero-order valence-corrected chi connectivity index (χ0v) is 17.6. The van der Waals surface area contributed by atoms with E-state index in [-0.39, 0.29) is 17.9 Å². The highest BCUT2D eigenvalue weighted by atomic mass is 16.5. The standard InChI is InChI=1S/C22H47NO3/c1-2-3-4-5-6-7-8-9-10-11-12-13-14-15-18-23(26,19-16-21-24)20-17-22-25/h24-25H,2-22H2,1H3. The molecule has 0 radical (unpaired) electrons. The molecule has 0 unspecified atom stereocenters. The van der Waals surface area contributed by atoms with Crippen molar-refractivity contribution >= 4 is 0 Å². The second-order valence-corrected chi connectivity index (χ2v) is 7.98. The third-order valence-electron chi connectivity index (χ3n) is 5.37. The number of unbranched alkanes of at least 4 members (excludes halogenated alkanes) is 13. The molecule has 26 heavy (non-hydrogen) atoms. The molecule has 0 spiro atoms. The fourth-order valence-corrected chi connectivity index (χ4v) is 3.65. The van der Waals surface area contributed by atoms with Crippen molar-refractivity contribution in [2.75, 3.05) is 32.8 Å². The molecule has 2 N–H and O–H groups in total. The summed E-state index contributed by atoms with van der Waals surface area (Å²) in [6.07, 6.45) is 19.6. The molecular weight excluding hydrogens is 326 g/mol. The number of quaternary nitrogens is 1. The third kappa shape index (κ3) is 17.3. The predicted molar refractivity (Wildman–Crippen MR) is 112 cm³/mol. The van der Waals surface area contributed by atoms with Crippen molar-refractivity contribution in [2.45, 2.75) is 110 Å². The molecule has 0 saturated heterocycles. The first kappa shape index (κ1) is 25.8. The van der Waals surface area contributed by atoms with Crippen molar-refractivity contribution in [1.29, 1.82) is 0 Å². The Morgan fingerprint density at radius 2 is 0.808 bits per heavy atom. The Morgan fingerprint density at radius 3 is 1.15 bits per heavy atom. The lowest BCUT2D eigenvalue weighted by Crippen LogP contribution is -2.45. The molecular formula is C22H47NO3. The predicted octanol–water partition coefficient (Wildman–Crippen LogP) is 5.55. The van der Waals surface area contributed by atoms with Crippen LogP contribution in [0.15, 0.2) is 0 Å². The van der Waals surface area contributed by atoms with Gasteiger partial charge in [0.05, 0.1) is 19.6 Å². The molecule has 0 heterocycles. The van der Waals surface area contributed by atoms with Gasteiger partial charge in [-0.15, -0.1) is 0 Å². The van der Waals surface area contributed by atoms with Gasteiger partial charge in [0, 0.05) is 26.1 Å². The van der Waals surface area contributed by atoms with Crippen molar-refractivity contribution in [3.63, 3.8) is 0 Å². The molecule has 0 aliphatic carbocycles. The van der Waals surface area contributed by atoms with E-state index in [0.717, 1.165) is 12.8 Å². The summed E-state index contributed by atoms with van der Waals surface area (Å²) in [6.45, 7) is 4.03. The van der Waals surface area contributed by atoms with E-state index in [9.17, 15) is 5.21 Å². The van der Waals surface area contributed by atoms with Crippen molar-refractivity contribution < 1.29 is 14.9 Å². The Balaban J connectivity index is 3.44. The van der Waals surface area contributed by atoms with Crippen molar-refractivity contribution in [1.82, 2.24) is 0 Å². The summed E-state index contributed by atoms with van der Waals surface area (Å²) in [4.78, 5) is 0. The normalized spacial score (nSPS) is 12.0. The summed E-state index contributed by atoms with van der Waals surface area (Å²) < 4.78 is -0.237. The van der Waals surface area contributed by atoms with Crippen LogP contribution >= 0.6 is 0 Å². The Labute approximate surface area is 163 Å². The maximum absolute atomic E-state index is 12.7. The Hall–Kier alpha value is -0.160. The zero-order chi connectivity index (χ0) is 19.3. The molecule has 0 saturated carbocycles. The lowest BCUT2D eigenvalue weighted by atomic mass is 10.0. The molecule has 0 bridgehead atoms. The summed E-state index contributed by atoms with van der Waals surface area (Å²) >= 11 is 0. The van der Waals surface area contributed by atoms with Crippen LogP contribution in [0.2, 0.25) is 0 Å². The fraction of sp³-hybridized carbons (Fsp3) is 1.00. The summed E-state index contributed by atoms with van der Waals surface area (Å²) in [7, 11) is 0. The van der Waals surface area contributed by atoms with E-state index >= 15 is 0 Å². The number of hydroxylamine groups is 3. The quantitative estimate of drug-likeness (QED) is 0.158. The molecule has 4 heteroatoms. The Morgan fingerprint density at radius 1 is 0.500 bits per heavy atom. The number of hydrogen-bond donors (Lipinski definition) is 2. The minimum absolute atomic E-state index is 0.0834. The molecule has 158 valence electrons. The lowest BCUT2D eigenvalue weighted by Gasteiger charge is -2.43. The molecule has 0 fully saturated rings. The monoisotopic (exact) mass is 373 g/mol. The molecule has 0 amide bonds. The van der Waals surface area contributed by atoms with Gasteiger partial charge in [-0.2, -0.15) is 0 Å². The largest absolute Gasteiger partial charge is 0.633 e. The number of aliphatic hydroxyl groups excluding tert-OH is 2. The Kier molecular flexibility index (Phi) is 19.5. The van der Waals surface area contributed by atoms with Gasteiger partial charge in [-0.05, 0) is 12.8 Å². The highest BCUT2D eigenvalue weighted by molar-refractivity contribution is 4.51. The van der Waals surface area contributed by atoms with Crippen LogP contribution < -0.4 is 0 Å². The van der Waals surface area contributed by atoms with Gasteiger partial charge in [-0.25, -0.2) is 0 Å². The number of rotatable bonds is 21. The van der Waals surface area contributed by atoms with Crippen molar-refractivity contribution in [3.8, 4) is 0 Å². The van der Waals surface area contributed by atoms with Crippen LogP contribution in [0.5, 0.6) is 0 Å². The van der Waals surface area contributed by atoms with E-state index < -0.39 is 0 Å². The van der Waals surface area contributed by atoms with Gasteiger partial charge in [0.2, 0.25) is 0 Å². The van der Waals surface area contributed by atoms with Gasteiger partial charge in [0.25, 0.3) is 0 Å². The minimum atomic E-state index is -0.237. The zero-order valence-electron chi connectivity index (χ0n) is 17.6. The van der Waals surface area contributed by atoms with Crippen molar-refractivity contribution in [3.05, 3.63) is 5.21 Å². The van der Waals surface area contributed by atoms with E-state index in [4.69, 9.17) is 10.2 Å². The molecule has 0 aliphatic rings. The van der Waals surface area contributed by atoms with Crippen LogP contribution in [-0.2, 0) is 0 Å². The van der Waals surface area contributed by atoms with E-state index in [1.54, 1.807) is 0 Å². The Bertz CT molecular complexity index is 266. The maximum atomic E-state index is 12.7. The number of aliphatic hydroxyl groups is 2. The van der Waals surface area contributed by atoms with Crippen LogP contribution in [-0.4, -0.2) is 47.7 Å². The van der Waals surface area contributed by atoms with Gasteiger partial charge >= 0.3 is 0 Å². The third-order valence-corrected chi connectivity index (χ3v) is 5.37. The highest BCUT2D eigenvalue weighted by Crippen LogP contribution is 2.15. The van der Waals surface area contributed by atoms with Crippen LogP contribution in [0, 0.1) is 5.21 Å². The van der Waals surface area contributed by atoms with Gasteiger partial charge in [-0.1, -0.05) is 84.0 Å². The molecule has 0 aromatic rings. The van der Waals surface area contributed by atoms with Gasteiger partial charge in [0.1, 0.15) is 0 Å².